The molecule has 0 radical (unpaired) electrons. The van der Waals surface area contributed by atoms with Crippen molar-refractivity contribution in [3.05, 3.63) is 54.0 Å². The van der Waals surface area contributed by atoms with Crippen molar-refractivity contribution in [1.82, 2.24) is 15.6 Å². The molecule has 2 rings (SSSR count). The monoisotopic (exact) mass is 346 g/mol. The highest BCUT2D eigenvalue weighted by molar-refractivity contribution is 5.74. The first kappa shape index (κ1) is 18.5. The molecule has 0 saturated heterocycles. The van der Waals surface area contributed by atoms with Crippen LogP contribution in [0, 0.1) is 5.82 Å². The quantitative estimate of drug-likeness (QED) is 0.809. The molecule has 1 aromatic heterocycles. The molecule has 2 amide bonds. The zero-order valence-corrected chi connectivity index (χ0v) is 14.6. The van der Waals surface area contributed by atoms with E-state index in [0.717, 1.165) is 11.5 Å². The first-order chi connectivity index (χ1) is 12.0. The molecular weight excluding hydrogens is 323 g/mol. The Morgan fingerprint density at radius 3 is 2.72 bits per heavy atom. The van der Waals surface area contributed by atoms with Gasteiger partial charge >= 0.3 is 6.03 Å². The van der Waals surface area contributed by atoms with E-state index in [4.69, 9.17) is 4.74 Å². The number of halogens is 1. The van der Waals surface area contributed by atoms with Crippen LogP contribution in [0.1, 0.15) is 12.6 Å². The summed E-state index contributed by atoms with van der Waals surface area (Å²) < 4.78 is 18.8. The van der Waals surface area contributed by atoms with Gasteiger partial charge in [0.05, 0.1) is 18.3 Å². The van der Waals surface area contributed by atoms with Crippen LogP contribution in [0.4, 0.5) is 15.0 Å². The minimum absolute atomic E-state index is 0.168. The average Bonchev–Trinajstić information content (AvgIpc) is 2.59. The summed E-state index contributed by atoms with van der Waals surface area (Å²) in [5.41, 5.74) is 0.761. The normalized spacial score (nSPS) is 11.5. The molecule has 2 N–H and O–H groups in total. The Labute approximate surface area is 147 Å². The number of carbonyl (C=O) groups excluding carboxylic acids is 1. The van der Waals surface area contributed by atoms with Crippen molar-refractivity contribution in [3.8, 4) is 5.75 Å². The van der Waals surface area contributed by atoms with E-state index >= 15 is 0 Å². The third kappa shape index (κ3) is 5.95. The van der Waals surface area contributed by atoms with Gasteiger partial charge in [0.25, 0.3) is 0 Å². The Kier molecular flexibility index (Phi) is 6.56. The lowest BCUT2D eigenvalue weighted by molar-refractivity contribution is 0.224. The SMILES string of the molecule is C[C@@H](COc1ccccc1F)NC(=O)NCc1cccc(N(C)C)n1. The third-order valence-corrected chi connectivity index (χ3v) is 3.38. The number of hydrogen-bond donors (Lipinski definition) is 2. The molecule has 0 aliphatic heterocycles. The van der Waals surface area contributed by atoms with E-state index in [1.54, 1.807) is 25.1 Å². The predicted octanol–water partition coefficient (Wildman–Crippen LogP) is 2.55. The molecule has 0 fully saturated rings. The van der Waals surface area contributed by atoms with E-state index in [1.165, 1.54) is 6.07 Å². The highest BCUT2D eigenvalue weighted by Gasteiger charge is 2.10. The van der Waals surface area contributed by atoms with Crippen LogP contribution >= 0.6 is 0 Å². The minimum Gasteiger partial charge on any atom is -0.488 e. The van der Waals surface area contributed by atoms with Gasteiger partial charge in [-0.3, -0.25) is 0 Å². The van der Waals surface area contributed by atoms with Gasteiger partial charge in [-0.15, -0.1) is 0 Å². The standard InChI is InChI=1S/C18H23FN4O2/c1-13(12-25-16-9-5-4-8-15(16)19)21-18(24)20-11-14-7-6-10-17(22-14)23(2)3/h4-10,13H,11-12H2,1-3H3,(H2,20,21,24)/t13-/m0/s1. The largest absolute Gasteiger partial charge is 0.488 e. The molecule has 0 saturated carbocycles. The summed E-state index contributed by atoms with van der Waals surface area (Å²) in [6.45, 7) is 2.27. The number of aromatic nitrogens is 1. The summed E-state index contributed by atoms with van der Waals surface area (Å²) in [7, 11) is 3.81. The van der Waals surface area contributed by atoms with Crippen LogP contribution in [-0.4, -0.2) is 37.8 Å². The number of nitrogens with zero attached hydrogens (tertiary/aromatic N) is 2. The topological polar surface area (TPSA) is 66.5 Å². The number of hydrogen-bond acceptors (Lipinski definition) is 4. The van der Waals surface area contributed by atoms with Crippen LogP contribution in [0.25, 0.3) is 0 Å². The molecule has 134 valence electrons. The highest BCUT2D eigenvalue weighted by atomic mass is 19.1. The van der Waals surface area contributed by atoms with Crippen molar-refractivity contribution in [2.75, 3.05) is 25.6 Å². The van der Waals surface area contributed by atoms with Crippen LogP contribution in [0.5, 0.6) is 5.75 Å². The fourth-order valence-corrected chi connectivity index (χ4v) is 2.08. The van der Waals surface area contributed by atoms with E-state index in [-0.39, 0.29) is 24.4 Å². The molecule has 6 nitrogen and oxygen atoms in total. The Morgan fingerprint density at radius 1 is 1.24 bits per heavy atom. The van der Waals surface area contributed by atoms with Gasteiger partial charge < -0.3 is 20.3 Å². The Hall–Kier alpha value is -2.83. The summed E-state index contributed by atoms with van der Waals surface area (Å²) in [6.07, 6.45) is 0. The van der Waals surface area contributed by atoms with E-state index < -0.39 is 5.82 Å². The number of para-hydroxylation sites is 1. The lowest BCUT2D eigenvalue weighted by Gasteiger charge is -2.16. The fourth-order valence-electron chi connectivity index (χ4n) is 2.08. The number of ether oxygens (including phenoxy) is 1. The zero-order chi connectivity index (χ0) is 18.2. The molecule has 1 atom stereocenters. The summed E-state index contributed by atoms with van der Waals surface area (Å²) in [4.78, 5) is 18.3. The molecule has 0 bridgehead atoms. The van der Waals surface area contributed by atoms with Crippen molar-refractivity contribution < 1.29 is 13.9 Å². The Bertz CT molecular complexity index is 709. The molecule has 0 spiro atoms. The number of nitrogens with one attached hydrogen (secondary N) is 2. The van der Waals surface area contributed by atoms with Crippen molar-refractivity contribution in [3.63, 3.8) is 0 Å². The number of amides is 2. The predicted molar refractivity (Wildman–Crippen MR) is 95.3 cm³/mol. The number of rotatable bonds is 7. The number of carbonyl (C=O) groups is 1. The first-order valence-electron chi connectivity index (χ1n) is 8.00. The van der Waals surface area contributed by atoms with Crippen molar-refractivity contribution in [2.45, 2.75) is 19.5 Å². The molecular formula is C18H23FN4O2. The number of benzene rings is 1. The number of pyridine rings is 1. The fraction of sp³-hybridized carbons (Fsp3) is 0.333. The lowest BCUT2D eigenvalue weighted by atomic mass is 10.3. The van der Waals surface area contributed by atoms with Crippen LogP contribution < -0.4 is 20.3 Å². The molecule has 1 heterocycles. The zero-order valence-electron chi connectivity index (χ0n) is 14.6. The Balaban J connectivity index is 1.76. The van der Waals surface area contributed by atoms with Gasteiger partial charge in [0.15, 0.2) is 11.6 Å². The molecule has 0 unspecified atom stereocenters. The molecule has 7 heteroatoms. The second-order valence-corrected chi connectivity index (χ2v) is 5.85. The van der Waals surface area contributed by atoms with E-state index in [9.17, 15) is 9.18 Å². The van der Waals surface area contributed by atoms with Gasteiger partial charge in [-0.05, 0) is 31.2 Å². The minimum atomic E-state index is -0.425. The van der Waals surface area contributed by atoms with Gasteiger partial charge in [0.1, 0.15) is 12.4 Å². The van der Waals surface area contributed by atoms with Gasteiger partial charge in [-0.25, -0.2) is 14.2 Å². The van der Waals surface area contributed by atoms with Gasteiger partial charge in [0, 0.05) is 14.1 Å². The van der Waals surface area contributed by atoms with Crippen LogP contribution in [0.2, 0.25) is 0 Å². The molecule has 0 aliphatic carbocycles. The van der Waals surface area contributed by atoms with Crippen molar-refractivity contribution >= 4 is 11.8 Å². The maximum Gasteiger partial charge on any atom is 0.315 e. The maximum atomic E-state index is 13.5. The van der Waals surface area contributed by atoms with Crippen LogP contribution in [0.15, 0.2) is 42.5 Å². The van der Waals surface area contributed by atoms with E-state index in [2.05, 4.69) is 15.6 Å². The number of urea groups is 1. The first-order valence-corrected chi connectivity index (χ1v) is 8.00. The van der Waals surface area contributed by atoms with Crippen molar-refractivity contribution in [1.29, 1.82) is 0 Å². The molecule has 2 aromatic rings. The molecule has 1 aromatic carbocycles. The van der Waals surface area contributed by atoms with Crippen molar-refractivity contribution in [2.24, 2.45) is 0 Å². The smallest absolute Gasteiger partial charge is 0.315 e. The lowest BCUT2D eigenvalue weighted by Crippen LogP contribution is -2.43. The second kappa shape index (κ2) is 8.86. The third-order valence-electron chi connectivity index (χ3n) is 3.38. The summed E-state index contributed by atoms with van der Waals surface area (Å²) in [5.74, 6) is 0.568. The number of anilines is 1. The molecule has 25 heavy (non-hydrogen) atoms. The van der Waals surface area contributed by atoms with E-state index in [0.29, 0.717) is 6.54 Å². The van der Waals surface area contributed by atoms with E-state index in [1.807, 2.05) is 37.2 Å². The van der Waals surface area contributed by atoms with Gasteiger partial charge in [0.2, 0.25) is 0 Å². The summed E-state index contributed by atoms with van der Waals surface area (Å²) in [6, 6.07) is 11.2. The van der Waals surface area contributed by atoms with Crippen LogP contribution in [-0.2, 0) is 6.54 Å². The highest BCUT2D eigenvalue weighted by Crippen LogP contribution is 2.15. The summed E-state index contributed by atoms with van der Waals surface area (Å²) in [5, 5.41) is 5.49. The summed E-state index contributed by atoms with van der Waals surface area (Å²) >= 11 is 0. The Morgan fingerprint density at radius 2 is 2.00 bits per heavy atom. The maximum absolute atomic E-state index is 13.5. The molecule has 0 aliphatic rings. The van der Waals surface area contributed by atoms with Gasteiger partial charge in [-0.1, -0.05) is 18.2 Å². The second-order valence-electron chi connectivity index (χ2n) is 5.85. The van der Waals surface area contributed by atoms with Crippen LogP contribution in [0.3, 0.4) is 0 Å². The van der Waals surface area contributed by atoms with Gasteiger partial charge in [-0.2, -0.15) is 0 Å². The average molecular weight is 346 g/mol.